The molecule has 0 spiro atoms. The van der Waals surface area contributed by atoms with Crippen molar-refractivity contribution in [2.24, 2.45) is 0 Å². The molecule has 3 rings (SSSR count). The van der Waals surface area contributed by atoms with Crippen molar-refractivity contribution in [3.05, 3.63) is 36.0 Å². The summed E-state index contributed by atoms with van der Waals surface area (Å²) in [5.41, 5.74) is 1.49. The van der Waals surface area contributed by atoms with E-state index in [2.05, 4.69) is 41.5 Å². The van der Waals surface area contributed by atoms with Crippen molar-refractivity contribution in [2.75, 3.05) is 6.54 Å². The number of aromatic nitrogens is 1. The van der Waals surface area contributed by atoms with E-state index in [1.54, 1.807) is 0 Å². The van der Waals surface area contributed by atoms with Crippen molar-refractivity contribution in [3.63, 3.8) is 0 Å². The molecule has 1 aliphatic carbocycles. The fourth-order valence-corrected chi connectivity index (χ4v) is 3.19. The highest BCUT2D eigenvalue weighted by molar-refractivity contribution is 5.82. The van der Waals surface area contributed by atoms with Gasteiger partial charge in [0.25, 0.3) is 0 Å². The second-order valence-corrected chi connectivity index (χ2v) is 6.13. The van der Waals surface area contributed by atoms with Crippen molar-refractivity contribution in [3.8, 4) is 0 Å². The van der Waals surface area contributed by atoms with Gasteiger partial charge in [-0.15, -0.1) is 0 Å². The quantitative estimate of drug-likeness (QED) is 0.660. The summed E-state index contributed by atoms with van der Waals surface area (Å²) in [6.07, 6.45) is 4.61. The van der Waals surface area contributed by atoms with Crippen LogP contribution in [0.25, 0.3) is 10.9 Å². The van der Waals surface area contributed by atoms with Crippen molar-refractivity contribution in [1.82, 2.24) is 10.3 Å². The predicted molar refractivity (Wildman–Crippen MR) is 84.1 cm³/mol. The minimum Gasteiger partial charge on any atom is -0.389 e. The van der Waals surface area contributed by atoms with Gasteiger partial charge in [0.05, 0.1) is 17.2 Å². The molecular formula is C17H24N2O2. The van der Waals surface area contributed by atoms with E-state index >= 15 is 0 Å². The second kappa shape index (κ2) is 5.79. The molecule has 0 aliphatic heterocycles. The molecule has 0 amide bonds. The highest BCUT2D eigenvalue weighted by Gasteiger charge is 2.41. The monoisotopic (exact) mass is 288 g/mol. The van der Waals surface area contributed by atoms with Gasteiger partial charge in [-0.3, -0.25) is 0 Å². The molecule has 21 heavy (non-hydrogen) atoms. The number of fused-ring (bicyclic) bond motifs is 1. The summed E-state index contributed by atoms with van der Waals surface area (Å²) in [5.74, 6) is 0. The maximum absolute atomic E-state index is 10.2. The number of aliphatic hydroxyl groups is 2. The molecular weight excluding hydrogens is 264 g/mol. The Labute approximate surface area is 125 Å². The summed E-state index contributed by atoms with van der Waals surface area (Å²) in [6, 6.07) is 8.51. The Morgan fingerprint density at radius 3 is 2.81 bits per heavy atom. The predicted octanol–water partition coefficient (Wildman–Crippen LogP) is 2.48. The Kier molecular flexibility index (Phi) is 4.02. The molecule has 114 valence electrons. The fraction of sp³-hybridized carbons (Fsp3) is 0.529. The number of aromatic amines is 1. The van der Waals surface area contributed by atoms with Gasteiger partial charge in [-0.2, -0.15) is 0 Å². The third-order valence-corrected chi connectivity index (χ3v) is 4.80. The highest BCUT2D eigenvalue weighted by Crippen LogP contribution is 2.35. The van der Waals surface area contributed by atoms with Crippen LogP contribution in [0.3, 0.4) is 0 Å². The third-order valence-electron chi connectivity index (χ3n) is 4.80. The molecule has 0 radical (unpaired) electrons. The largest absolute Gasteiger partial charge is 0.389 e. The smallest absolute Gasteiger partial charge is 0.0951 e. The number of nitrogens with one attached hydrogen (secondary N) is 2. The van der Waals surface area contributed by atoms with Gasteiger partial charge in [-0.25, -0.2) is 0 Å². The number of rotatable bonds is 6. The Hall–Kier alpha value is -1.36. The van der Waals surface area contributed by atoms with Crippen molar-refractivity contribution >= 4 is 10.9 Å². The molecule has 1 aromatic carbocycles. The van der Waals surface area contributed by atoms with Crippen LogP contribution in [0.4, 0.5) is 0 Å². The van der Waals surface area contributed by atoms with Crippen molar-refractivity contribution in [2.45, 2.75) is 50.4 Å². The molecule has 1 aromatic heterocycles. The Morgan fingerprint density at radius 1 is 1.33 bits per heavy atom. The van der Waals surface area contributed by atoms with E-state index in [9.17, 15) is 10.2 Å². The summed E-state index contributed by atoms with van der Waals surface area (Å²) in [7, 11) is 0. The van der Waals surface area contributed by atoms with Crippen molar-refractivity contribution in [1.29, 1.82) is 0 Å². The summed E-state index contributed by atoms with van der Waals surface area (Å²) >= 11 is 0. The molecule has 0 saturated heterocycles. The van der Waals surface area contributed by atoms with Crippen LogP contribution < -0.4 is 5.32 Å². The Morgan fingerprint density at radius 2 is 2.14 bits per heavy atom. The minimum absolute atomic E-state index is 0.172. The molecule has 4 N–H and O–H groups in total. The number of H-pyrrole nitrogens is 1. The number of aliphatic hydroxyl groups excluding tert-OH is 1. The Bertz CT molecular complexity index is 604. The summed E-state index contributed by atoms with van der Waals surface area (Å²) < 4.78 is 0. The van der Waals surface area contributed by atoms with Crippen LogP contribution in [0.1, 0.15) is 44.2 Å². The first kappa shape index (κ1) is 14.6. The molecule has 2 unspecified atom stereocenters. The molecule has 4 heteroatoms. The number of benzene rings is 1. The van der Waals surface area contributed by atoms with Crippen LogP contribution in [0, 0.1) is 0 Å². The molecule has 1 heterocycles. The van der Waals surface area contributed by atoms with Crippen LogP contribution in [-0.4, -0.2) is 33.4 Å². The van der Waals surface area contributed by atoms with Gasteiger partial charge < -0.3 is 20.5 Å². The van der Waals surface area contributed by atoms with Crippen LogP contribution in [0.5, 0.6) is 0 Å². The normalized spacial score (nSPS) is 20.1. The van der Waals surface area contributed by atoms with Gasteiger partial charge in [0.2, 0.25) is 0 Å². The SMILES string of the molecule is CCC(NCC(O)C1(O)CCC1)c1cccc2cc[nH]c12. The van der Waals surface area contributed by atoms with Crippen LogP contribution >= 0.6 is 0 Å². The average Bonchev–Trinajstić information content (AvgIpc) is 2.94. The first-order valence-corrected chi connectivity index (χ1v) is 7.84. The molecule has 2 atom stereocenters. The Balaban J connectivity index is 1.72. The zero-order chi connectivity index (χ0) is 14.9. The number of hydrogen-bond donors (Lipinski definition) is 4. The lowest BCUT2D eigenvalue weighted by molar-refractivity contribution is -0.124. The van der Waals surface area contributed by atoms with E-state index in [0.717, 1.165) is 18.4 Å². The molecule has 1 fully saturated rings. The van der Waals surface area contributed by atoms with Crippen molar-refractivity contribution < 1.29 is 10.2 Å². The molecule has 1 aliphatic rings. The van der Waals surface area contributed by atoms with Crippen LogP contribution in [0.2, 0.25) is 0 Å². The van der Waals surface area contributed by atoms with E-state index in [1.165, 1.54) is 10.9 Å². The molecule has 0 bridgehead atoms. The molecule has 2 aromatic rings. The molecule has 1 saturated carbocycles. The number of hydrogen-bond acceptors (Lipinski definition) is 3. The fourth-order valence-electron chi connectivity index (χ4n) is 3.19. The van der Waals surface area contributed by atoms with Crippen LogP contribution in [-0.2, 0) is 0 Å². The van der Waals surface area contributed by atoms with Crippen LogP contribution in [0.15, 0.2) is 30.5 Å². The average molecular weight is 288 g/mol. The summed E-state index contributed by atoms with van der Waals surface area (Å²) in [5, 5.41) is 25.0. The maximum Gasteiger partial charge on any atom is 0.0951 e. The van der Waals surface area contributed by atoms with E-state index in [1.807, 2.05) is 6.20 Å². The number of para-hydroxylation sites is 1. The lowest BCUT2D eigenvalue weighted by Gasteiger charge is -2.41. The zero-order valence-corrected chi connectivity index (χ0v) is 12.5. The first-order valence-electron chi connectivity index (χ1n) is 7.84. The minimum atomic E-state index is -0.871. The second-order valence-electron chi connectivity index (χ2n) is 6.13. The van der Waals surface area contributed by atoms with E-state index < -0.39 is 11.7 Å². The third kappa shape index (κ3) is 2.71. The van der Waals surface area contributed by atoms with Gasteiger partial charge in [-0.1, -0.05) is 25.1 Å². The first-order chi connectivity index (χ1) is 10.1. The molecule has 4 nitrogen and oxygen atoms in total. The topological polar surface area (TPSA) is 68.3 Å². The highest BCUT2D eigenvalue weighted by atomic mass is 16.3. The van der Waals surface area contributed by atoms with Gasteiger partial charge in [-0.05, 0) is 42.7 Å². The zero-order valence-electron chi connectivity index (χ0n) is 12.5. The van der Waals surface area contributed by atoms with E-state index in [-0.39, 0.29) is 6.04 Å². The van der Waals surface area contributed by atoms with Gasteiger partial charge in [0.15, 0.2) is 0 Å². The van der Waals surface area contributed by atoms with E-state index in [0.29, 0.717) is 19.4 Å². The summed E-state index contributed by atoms with van der Waals surface area (Å²) in [4.78, 5) is 3.29. The summed E-state index contributed by atoms with van der Waals surface area (Å²) in [6.45, 7) is 2.55. The maximum atomic E-state index is 10.2. The standard InChI is InChI=1S/C17H24N2O2/c1-2-14(19-11-15(20)17(21)8-4-9-17)13-6-3-5-12-7-10-18-16(12)13/h3,5-7,10,14-15,18-21H,2,4,8-9,11H2,1H3. The van der Waals surface area contributed by atoms with E-state index in [4.69, 9.17) is 0 Å². The van der Waals surface area contributed by atoms with Gasteiger partial charge in [0, 0.05) is 18.8 Å². The van der Waals surface area contributed by atoms with Gasteiger partial charge in [0.1, 0.15) is 0 Å². The van der Waals surface area contributed by atoms with Gasteiger partial charge >= 0.3 is 0 Å². The lowest BCUT2D eigenvalue weighted by Crippen LogP contribution is -2.52. The lowest BCUT2D eigenvalue weighted by atomic mass is 9.76.